The summed E-state index contributed by atoms with van der Waals surface area (Å²) >= 11 is 2.75. The second-order valence-electron chi connectivity index (χ2n) is 8.90. The molecule has 2 amide bonds. The van der Waals surface area contributed by atoms with Gasteiger partial charge in [0.2, 0.25) is 5.91 Å². The first kappa shape index (κ1) is 26.3. The third-order valence-corrected chi connectivity index (χ3v) is 7.91. The topological polar surface area (TPSA) is 94.0 Å². The molecule has 4 rings (SSSR count). The van der Waals surface area contributed by atoms with Crippen LogP contribution in [0.2, 0.25) is 0 Å². The lowest BCUT2D eigenvalue weighted by atomic mass is 9.86. The molecule has 8 heteroatoms. The Hall–Kier alpha value is -3.80. The van der Waals surface area contributed by atoms with E-state index in [2.05, 4.69) is 35.9 Å². The fourth-order valence-corrected chi connectivity index (χ4v) is 5.81. The highest BCUT2D eigenvalue weighted by molar-refractivity contribution is 8.03. The number of nitriles is 1. The minimum absolute atomic E-state index is 0.120. The number of nitrogens with one attached hydrogen (secondary N) is 3. The highest BCUT2D eigenvalue weighted by Crippen LogP contribution is 2.42. The lowest BCUT2D eigenvalue weighted by Gasteiger charge is -2.29. The maximum Gasteiger partial charge on any atom is 0.254 e. The number of carbonyl (C=O) groups is 2. The van der Waals surface area contributed by atoms with E-state index in [9.17, 15) is 14.9 Å². The lowest BCUT2D eigenvalue weighted by molar-refractivity contribution is -0.114. The second-order valence-corrected chi connectivity index (χ2v) is 10.9. The van der Waals surface area contributed by atoms with Crippen LogP contribution < -0.4 is 16.0 Å². The molecule has 37 heavy (non-hydrogen) atoms. The fourth-order valence-electron chi connectivity index (χ4n) is 4.07. The number of para-hydroxylation sites is 1. The second kappa shape index (κ2) is 12.0. The summed E-state index contributed by atoms with van der Waals surface area (Å²) in [7, 11) is 0. The molecule has 2 heterocycles. The van der Waals surface area contributed by atoms with E-state index in [0.29, 0.717) is 33.5 Å². The van der Waals surface area contributed by atoms with Crippen molar-refractivity contribution in [2.45, 2.75) is 32.6 Å². The number of hydrogen-bond acceptors (Lipinski definition) is 6. The van der Waals surface area contributed by atoms with Crippen molar-refractivity contribution in [1.82, 2.24) is 5.32 Å². The van der Waals surface area contributed by atoms with E-state index in [0.717, 1.165) is 10.6 Å². The summed E-state index contributed by atoms with van der Waals surface area (Å²) in [6.07, 6.45) is 0. The van der Waals surface area contributed by atoms with E-state index in [-0.39, 0.29) is 17.6 Å². The van der Waals surface area contributed by atoms with Crippen LogP contribution in [-0.4, -0.2) is 17.6 Å². The van der Waals surface area contributed by atoms with Crippen molar-refractivity contribution in [3.05, 3.63) is 104 Å². The molecule has 0 saturated carbocycles. The average molecular weight is 529 g/mol. The molecule has 3 aromatic rings. The molecule has 1 aliphatic rings. The van der Waals surface area contributed by atoms with Crippen LogP contribution in [0.25, 0.3) is 0 Å². The largest absolute Gasteiger partial charge is 0.353 e. The van der Waals surface area contributed by atoms with Crippen LogP contribution in [0.4, 0.5) is 11.4 Å². The van der Waals surface area contributed by atoms with Crippen molar-refractivity contribution in [2.75, 3.05) is 16.4 Å². The first-order valence-corrected chi connectivity index (χ1v) is 13.8. The zero-order valence-corrected chi connectivity index (χ0v) is 22.5. The minimum Gasteiger partial charge on any atom is -0.353 e. The Morgan fingerprint density at radius 1 is 1.03 bits per heavy atom. The molecule has 0 bridgehead atoms. The number of thioether (sulfide) groups is 1. The predicted octanol–water partition coefficient (Wildman–Crippen LogP) is 6.58. The summed E-state index contributed by atoms with van der Waals surface area (Å²) in [5.74, 6) is -0.426. The molecule has 0 aliphatic carbocycles. The standard InChI is InChI=1S/C29H28N4O2S2/c1-18(2)20-11-13-22(14-12-20)32-25(34)17-37-29-23(16-30)27(24-10-7-15-36-24)26(19(3)31-29)28(35)33-21-8-5-4-6-9-21/h4-15,18,27,31H,17H2,1-3H3,(H,32,34)(H,33,35). The summed E-state index contributed by atoms with van der Waals surface area (Å²) < 4.78 is 0. The number of carbonyl (C=O) groups excluding carboxylic acids is 2. The van der Waals surface area contributed by atoms with Crippen LogP contribution in [0, 0.1) is 11.3 Å². The zero-order valence-electron chi connectivity index (χ0n) is 20.9. The van der Waals surface area contributed by atoms with Crippen molar-refractivity contribution in [3.8, 4) is 6.07 Å². The number of nitrogens with zero attached hydrogens (tertiary/aromatic N) is 1. The van der Waals surface area contributed by atoms with E-state index < -0.39 is 5.92 Å². The quantitative estimate of drug-likeness (QED) is 0.307. The highest BCUT2D eigenvalue weighted by Gasteiger charge is 2.35. The van der Waals surface area contributed by atoms with Gasteiger partial charge in [-0.3, -0.25) is 9.59 Å². The van der Waals surface area contributed by atoms with Gasteiger partial charge in [0.25, 0.3) is 5.91 Å². The van der Waals surface area contributed by atoms with Crippen LogP contribution in [0.1, 0.15) is 43.0 Å². The molecule has 3 N–H and O–H groups in total. The van der Waals surface area contributed by atoms with Crippen molar-refractivity contribution < 1.29 is 9.59 Å². The molecule has 0 radical (unpaired) electrons. The van der Waals surface area contributed by atoms with Crippen molar-refractivity contribution in [1.29, 1.82) is 5.26 Å². The molecule has 1 atom stereocenters. The Morgan fingerprint density at radius 3 is 2.35 bits per heavy atom. The van der Waals surface area contributed by atoms with Gasteiger partial charge in [-0.25, -0.2) is 0 Å². The molecule has 1 unspecified atom stereocenters. The van der Waals surface area contributed by atoms with E-state index in [1.54, 1.807) is 0 Å². The predicted molar refractivity (Wildman–Crippen MR) is 152 cm³/mol. The zero-order chi connectivity index (χ0) is 26.4. The molecular formula is C29H28N4O2S2. The average Bonchev–Trinajstić information content (AvgIpc) is 3.42. The fraction of sp³-hybridized carbons (Fsp3) is 0.207. The molecule has 6 nitrogen and oxygen atoms in total. The van der Waals surface area contributed by atoms with Crippen LogP contribution >= 0.6 is 23.1 Å². The molecule has 1 aliphatic heterocycles. The Bertz CT molecular complexity index is 1370. The van der Waals surface area contributed by atoms with E-state index in [1.807, 2.05) is 79.0 Å². The van der Waals surface area contributed by atoms with E-state index in [1.165, 1.54) is 28.7 Å². The van der Waals surface area contributed by atoms with Gasteiger partial charge in [0.05, 0.1) is 28.3 Å². The van der Waals surface area contributed by atoms with Crippen LogP contribution in [0.3, 0.4) is 0 Å². The van der Waals surface area contributed by atoms with Crippen LogP contribution in [0.15, 0.2) is 94.0 Å². The van der Waals surface area contributed by atoms with Gasteiger partial charge in [0, 0.05) is 27.5 Å². The van der Waals surface area contributed by atoms with Crippen molar-refractivity contribution in [3.63, 3.8) is 0 Å². The number of thiophene rings is 1. The van der Waals surface area contributed by atoms with Gasteiger partial charge in [-0.05, 0) is 54.1 Å². The first-order chi connectivity index (χ1) is 17.9. The third-order valence-electron chi connectivity index (χ3n) is 5.96. The monoisotopic (exact) mass is 528 g/mol. The van der Waals surface area contributed by atoms with Crippen molar-refractivity contribution >= 4 is 46.3 Å². The Labute approximate surface area is 225 Å². The Kier molecular flexibility index (Phi) is 8.49. The normalized spacial score (nSPS) is 15.3. The maximum atomic E-state index is 13.4. The van der Waals surface area contributed by atoms with Crippen LogP contribution in [0.5, 0.6) is 0 Å². The van der Waals surface area contributed by atoms with Gasteiger partial charge >= 0.3 is 0 Å². The minimum atomic E-state index is -0.524. The van der Waals surface area contributed by atoms with E-state index >= 15 is 0 Å². The smallest absolute Gasteiger partial charge is 0.254 e. The van der Waals surface area contributed by atoms with Gasteiger partial charge in [-0.15, -0.1) is 11.3 Å². The summed E-state index contributed by atoms with van der Waals surface area (Å²) in [4.78, 5) is 27.0. The molecule has 0 spiro atoms. The number of rotatable bonds is 8. The van der Waals surface area contributed by atoms with Gasteiger partial charge in [0.15, 0.2) is 0 Å². The van der Waals surface area contributed by atoms with Crippen molar-refractivity contribution in [2.24, 2.45) is 0 Å². The molecule has 0 fully saturated rings. The summed E-state index contributed by atoms with van der Waals surface area (Å²) in [6.45, 7) is 6.07. The maximum absolute atomic E-state index is 13.4. The van der Waals surface area contributed by atoms with Gasteiger partial charge < -0.3 is 16.0 Å². The highest BCUT2D eigenvalue weighted by atomic mass is 32.2. The Morgan fingerprint density at radius 2 is 1.73 bits per heavy atom. The molecule has 2 aromatic carbocycles. The number of amides is 2. The van der Waals surface area contributed by atoms with E-state index in [4.69, 9.17) is 0 Å². The summed E-state index contributed by atoms with van der Waals surface area (Å²) in [5.41, 5.74) is 4.17. The molecular weight excluding hydrogens is 500 g/mol. The van der Waals surface area contributed by atoms with Gasteiger partial charge in [0.1, 0.15) is 0 Å². The first-order valence-electron chi connectivity index (χ1n) is 11.9. The molecule has 1 aromatic heterocycles. The number of hydrogen-bond donors (Lipinski definition) is 3. The number of dihydropyridines is 1. The third kappa shape index (κ3) is 6.31. The SMILES string of the molecule is CC1=C(C(=O)Nc2ccccc2)C(c2cccs2)C(C#N)=C(SCC(=O)Nc2ccc(C(C)C)cc2)N1. The number of allylic oxidation sites excluding steroid dienone is 2. The lowest BCUT2D eigenvalue weighted by Crippen LogP contribution is -2.30. The summed E-state index contributed by atoms with van der Waals surface area (Å²) in [5, 5.41) is 21.8. The van der Waals surface area contributed by atoms with Gasteiger partial charge in [-0.1, -0.05) is 62.0 Å². The Balaban J connectivity index is 1.53. The number of benzene rings is 2. The molecule has 188 valence electrons. The summed E-state index contributed by atoms with van der Waals surface area (Å²) in [6, 6.07) is 23.2. The number of anilines is 2. The molecule has 0 saturated heterocycles. The van der Waals surface area contributed by atoms with Crippen LogP contribution in [-0.2, 0) is 9.59 Å². The van der Waals surface area contributed by atoms with Gasteiger partial charge in [-0.2, -0.15) is 5.26 Å².